The molecule has 0 unspecified atom stereocenters. The third kappa shape index (κ3) is 7.18. The number of unbranched alkanes of at least 4 members (excludes halogenated alkanes) is 2. The first-order valence-corrected chi connectivity index (χ1v) is 9.48. The van der Waals surface area contributed by atoms with Crippen molar-refractivity contribution in [1.82, 2.24) is 0 Å². The Hall–Kier alpha value is -1.85. The van der Waals surface area contributed by atoms with E-state index in [0.29, 0.717) is 25.6 Å². The van der Waals surface area contributed by atoms with E-state index in [1.165, 1.54) is 25.7 Å². The van der Waals surface area contributed by atoms with Gasteiger partial charge < -0.3 is 18.9 Å². The van der Waals surface area contributed by atoms with E-state index in [-0.39, 0.29) is 6.29 Å². The fourth-order valence-electron chi connectivity index (χ4n) is 2.79. The van der Waals surface area contributed by atoms with E-state index in [2.05, 4.69) is 13.5 Å². The average molecular weight is 362 g/mol. The highest BCUT2D eigenvalue weighted by molar-refractivity contribution is 5.81. The minimum Gasteiger partial charge on any atom is -0.493 e. The molecule has 1 aliphatic heterocycles. The molecule has 26 heavy (non-hydrogen) atoms. The van der Waals surface area contributed by atoms with E-state index < -0.39 is 5.97 Å². The standard InChI is InChI=1S/C21H30O5/c1-3-5-6-8-17-15-25-21(26-16-17)18-9-11-19(12-10-18)23-13-7-14-24-20(22)4-2/h4,9-12,17,21H,2-3,5-8,13-16H2,1H3. The second kappa shape index (κ2) is 11.7. The summed E-state index contributed by atoms with van der Waals surface area (Å²) in [4.78, 5) is 10.9. The van der Waals surface area contributed by atoms with Gasteiger partial charge in [0.25, 0.3) is 0 Å². The van der Waals surface area contributed by atoms with Crippen LogP contribution >= 0.6 is 0 Å². The quantitative estimate of drug-likeness (QED) is 0.331. The number of benzene rings is 1. The van der Waals surface area contributed by atoms with Gasteiger partial charge in [-0.2, -0.15) is 0 Å². The first-order chi connectivity index (χ1) is 12.7. The van der Waals surface area contributed by atoms with Gasteiger partial charge in [0.2, 0.25) is 0 Å². The van der Waals surface area contributed by atoms with Crippen LogP contribution in [0.15, 0.2) is 36.9 Å². The number of carbonyl (C=O) groups is 1. The van der Waals surface area contributed by atoms with E-state index >= 15 is 0 Å². The highest BCUT2D eigenvalue weighted by Gasteiger charge is 2.23. The first kappa shape index (κ1) is 20.5. The summed E-state index contributed by atoms with van der Waals surface area (Å²) in [5.41, 5.74) is 1.00. The number of ether oxygens (including phenoxy) is 4. The van der Waals surface area contributed by atoms with Gasteiger partial charge in [-0.3, -0.25) is 0 Å². The van der Waals surface area contributed by atoms with Crippen LogP contribution in [0.5, 0.6) is 5.75 Å². The van der Waals surface area contributed by atoms with E-state index in [1.54, 1.807) is 0 Å². The monoisotopic (exact) mass is 362 g/mol. The molecule has 144 valence electrons. The Morgan fingerprint density at radius 3 is 2.54 bits per heavy atom. The smallest absolute Gasteiger partial charge is 0.330 e. The molecule has 5 nitrogen and oxygen atoms in total. The first-order valence-electron chi connectivity index (χ1n) is 9.48. The van der Waals surface area contributed by atoms with Crippen molar-refractivity contribution >= 4 is 5.97 Å². The second-order valence-electron chi connectivity index (χ2n) is 6.50. The molecule has 0 spiro atoms. The normalized spacial score (nSPS) is 19.7. The molecule has 0 aromatic heterocycles. The molecule has 0 N–H and O–H groups in total. The van der Waals surface area contributed by atoms with E-state index in [4.69, 9.17) is 18.9 Å². The largest absolute Gasteiger partial charge is 0.493 e. The Balaban J connectivity index is 1.66. The maximum absolute atomic E-state index is 10.9. The number of esters is 1. The van der Waals surface area contributed by atoms with Crippen LogP contribution in [-0.2, 0) is 19.0 Å². The maximum atomic E-state index is 10.9. The molecular formula is C21H30O5. The maximum Gasteiger partial charge on any atom is 0.330 e. The predicted octanol–water partition coefficient (Wildman–Crippen LogP) is 4.43. The van der Waals surface area contributed by atoms with Crippen molar-refractivity contribution in [3.63, 3.8) is 0 Å². The Morgan fingerprint density at radius 1 is 1.15 bits per heavy atom. The third-order valence-electron chi connectivity index (χ3n) is 4.30. The van der Waals surface area contributed by atoms with Crippen LogP contribution in [0.3, 0.4) is 0 Å². The fraction of sp³-hybridized carbons (Fsp3) is 0.571. The molecule has 0 bridgehead atoms. The lowest BCUT2D eigenvalue weighted by Crippen LogP contribution is -2.27. The molecule has 5 heteroatoms. The van der Waals surface area contributed by atoms with Crippen molar-refractivity contribution < 1.29 is 23.7 Å². The van der Waals surface area contributed by atoms with Gasteiger partial charge in [-0.15, -0.1) is 0 Å². The van der Waals surface area contributed by atoms with E-state index in [9.17, 15) is 4.79 Å². The molecule has 1 aliphatic rings. The molecule has 0 saturated carbocycles. The van der Waals surface area contributed by atoms with Crippen molar-refractivity contribution in [2.24, 2.45) is 5.92 Å². The summed E-state index contributed by atoms with van der Waals surface area (Å²) in [5.74, 6) is 0.877. The topological polar surface area (TPSA) is 54.0 Å². The van der Waals surface area contributed by atoms with Crippen LogP contribution in [0.25, 0.3) is 0 Å². The van der Waals surface area contributed by atoms with Gasteiger partial charge in [-0.25, -0.2) is 4.79 Å². The summed E-state index contributed by atoms with van der Waals surface area (Å²) in [7, 11) is 0. The number of hydrogen-bond acceptors (Lipinski definition) is 5. The van der Waals surface area contributed by atoms with Crippen LogP contribution in [0.2, 0.25) is 0 Å². The van der Waals surface area contributed by atoms with Crippen molar-refractivity contribution in [2.75, 3.05) is 26.4 Å². The number of rotatable bonds is 11. The summed E-state index contributed by atoms with van der Waals surface area (Å²) in [6.07, 6.45) is 6.44. The minimum atomic E-state index is -0.408. The Kier molecular flexibility index (Phi) is 9.21. The highest BCUT2D eigenvalue weighted by Crippen LogP contribution is 2.28. The molecule has 0 radical (unpaired) electrons. The van der Waals surface area contributed by atoms with Gasteiger partial charge >= 0.3 is 5.97 Å². The Labute approximate surface area is 156 Å². The van der Waals surface area contributed by atoms with Gasteiger partial charge in [-0.05, 0) is 18.6 Å². The molecule has 1 aromatic carbocycles. The molecule has 1 fully saturated rings. The summed E-state index contributed by atoms with van der Waals surface area (Å²) in [6, 6.07) is 7.75. The third-order valence-corrected chi connectivity index (χ3v) is 4.30. The van der Waals surface area contributed by atoms with Crippen molar-refractivity contribution in [1.29, 1.82) is 0 Å². The van der Waals surface area contributed by atoms with Gasteiger partial charge in [0.1, 0.15) is 5.75 Å². The predicted molar refractivity (Wildman–Crippen MR) is 100.0 cm³/mol. The summed E-state index contributed by atoms with van der Waals surface area (Å²) >= 11 is 0. The Morgan fingerprint density at radius 2 is 1.88 bits per heavy atom. The number of hydrogen-bond donors (Lipinski definition) is 0. The van der Waals surface area contributed by atoms with Crippen molar-refractivity contribution in [2.45, 2.75) is 45.3 Å². The molecular weight excluding hydrogens is 332 g/mol. The van der Waals surface area contributed by atoms with Crippen molar-refractivity contribution in [3.05, 3.63) is 42.5 Å². The van der Waals surface area contributed by atoms with E-state index in [0.717, 1.165) is 30.6 Å². The van der Waals surface area contributed by atoms with Gasteiger partial charge in [0, 0.05) is 24.0 Å². The zero-order valence-corrected chi connectivity index (χ0v) is 15.7. The zero-order valence-electron chi connectivity index (χ0n) is 15.7. The lowest BCUT2D eigenvalue weighted by atomic mass is 10.0. The summed E-state index contributed by atoms with van der Waals surface area (Å²) < 4.78 is 22.3. The summed E-state index contributed by atoms with van der Waals surface area (Å²) in [6.45, 7) is 7.90. The lowest BCUT2D eigenvalue weighted by molar-refractivity contribution is -0.206. The van der Waals surface area contributed by atoms with Crippen molar-refractivity contribution in [3.8, 4) is 5.75 Å². The van der Waals surface area contributed by atoms with Gasteiger partial charge in [0.05, 0.1) is 26.4 Å². The van der Waals surface area contributed by atoms with Crippen LogP contribution in [-0.4, -0.2) is 32.4 Å². The highest BCUT2D eigenvalue weighted by atomic mass is 16.7. The van der Waals surface area contributed by atoms with Gasteiger partial charge in [0.15, 0.2) is 6.29 Å². The average Bonchev–Trinajstić information content (AvgIpc) is 2.69. The summed E-state index contributed by atoms with van der Waals surface area (Å²) in [5, 5.41) is 0. The van der Waals surface area contributed by atoms with E-state index in [1.807, 2.05) is 24.3 Å². The SMILES string of the molecule is C=CC(=O)OCCCOc1ccc(C2OCC(CCCCC)CO2)cc1. The number of carbonyl (C=O) groups excluding carboxylic acids is 1. The molecule has 1 saturated heterocycles. The molecule has 1 heterocycles. The Bertz CT molecular complexity index is 532. The van der Waals surface area contributed by atoms with Crippen LogP contribution in [0.4, 0.5) is 0 Å². The van der Waals surface area contributed by atoms with Gasteiger partial charge in [-0.1, -0.05) is 44.9 Å². The molecule has 0 atom stereocenters. The fourth-order valence-corrected chi connectivity index (χ4v) is 2.79. The van der Waals surface area contributed by atoms with Crippen LogP contribution in [0, 0.1) is 5.92 Å². The van der Waals surface area contributed by atoms with Crippen LogP contribution in [0.1, 0.15) is 50.9 Å². The van der Waals surface area contributed by atoms with Crippen LogP contribution < -0.4 is 4.74 Å². The molecule has 0 aliphatic carbocycles. The molecule has 0 amide bonds. The minimum absolute atomic E-state index is 0.287. The molecule has 2 rings (SSSR count). The second-order valence-corrected chi connectivity index (χ2v) is 6.50. The zero-order chi connectivity index (χ0) is 18.6. The molecule has 1 aromatic rings. The lowest BCUT2D eigenvalue weighted by Gasteiger charge is -2.29.